The molecule has 0 aliphatic heterocycles. The molecule has 0 saturated carbocycles. The molecule has 1 aromatic rings. The SMILES string of the molecule is CCCNC(=O)CCN=C(NCC)NCCOc1ccc(OC)cc1.I. The molecule has 1 amide bonds. The predicted octanol–water partition coefficient (Wildman–Crippen LogP) is 2.16. The number of nitrogens with one attached hydrogen (secondary N) is 3. The van der Waals surface area contributed by atoms with Crippen LogP contribution >= 0.6 is 24.0 Å². The summed E-state index contributed by atoms with van der Waals surface area (Å²) >= 11 is 0. The third-order valence-electron chi connectivity index (χ3n) is 3.25. The van der Waals surface area contributed by atoms with Crippen molar-refractivity contribution in [3.63, 3.8) is 0 Å². The van der Waals surface area contributed by atoms with Gasteiger partial charge in [0.1, 0.15) is 18.1 Å². The zero-order chi connectivity index (χ0) is 18.3. The lowest BCUT2D eigenvalue weighted by Crippen LogP contribution is -2.39. The molecule has 0 saturated heterocycles. The minimum absolute atomic E-state index is 0. The highest BCUT2D eigenvalue weighted by atomic mass is 127. The molecular weight excluding hydrogens is 447 g/mol. The Balaban J connectivity index is 0.00000625. The Morgan fingerprint density at radius 3 is 2.35 bits per heavy atom. The first-order chi connectivity index (χ1) is 12.2. The first-order valence-electron chi connectivity index (χ1n) is 8.75. The van der Waals surface area contributed by atoms with Gasteiger partial charge in [0.2, 0.25) is 5.91 Å². The number of carbonyl (C=O) groups excluding carboxylic acids is 1. The van der Waals surface area contributed by atoms with E-state index in [-0.39, 0.29) is 29.9 Å². The molecule has 0 heterocycles. The largest absolute Gasteiger partial charge is 0.497 e. The van der Waals surface area contributed by atoms with Gasteiger partial charge in [-0.25, -0.2) is 0 Å². The monoisotopic (exact) mass is 478 g/mol. The average molecular weight is 478 g/mol. The van der Waals surface area contributed by atoms with Crippen LogP contribution in [-0.2, 0) is 4.79 Å². The summed E-state index contributed by atoms with van der Waals surface area (Å²) in [7, 11) is 1.63. The van der Waals surface area contributed by atoms with Gasteiger partial charge in [0, 0.05) is 19.5 Å². The zero-order valence-corrected chi connectivity index (χ0v) is 18.2. The van der Waals surface area contributed by atoms with Crippen LogP contribution in [0.4, 0.5) is 0 Å². The minimum atomic E-state index is 0. The first kappa shape index (κ1) is 24.3. The second kappa shape index (κ2) is 15.5. The third-order valence-corrected chi connectivity index (χ3v) is 3.25. The van der Waals surface area contributed by atoms with Crippen molar-refractivity contribution in [2.45, 2.75) is 26.7 Å². The number of hydrogen-bond acceptors (Lipinski definition) is 4. The van der Waals surface area contributed by atoms with E-state index in [2.05, 4.69) is 20.9 Å². The molecule has 3 N–H and O–H groups in total. The minimum Gasteiger partial charge on any atom is -0.497 e. The molecule has 1 aromatic carbocycles. The van der Waals surface area contributed by atoms with E-state index in [1.807, 2.05) is 38.1 Å². The number of amides is 1. The highest BCUT2D eigenvalue weighted by Crippen LogP contribution is 2.16. The number of benzene rings is 1. The van der Waals surface area contributed by atoms with Crippen molar-refractivity contribution >= 4 is 35.8 Å². The van der Waals surface area contributed by atoms with Gasteiger partial charge in [-0.3, -0.25) is 9.79 Å². The standard InChI is InChI=1S/C18H30N4O3.HI/c1-4-11-20-17(23)10-12-21-18(19-5-2)22-13-14-25-16-8-6-15(24-3)7-9-16;/h6-9H,4-5,10-14H2,1-3H3,(H,20,23)(H2,19,21,22);1H. The fourth-order valence-electron chi connectivity index (χ4n) is 1.97. The summed E-state index contributed by atoms with van der Waals surface area (Å²) in [6.07, 6.45) is 1.33. The summed E-state index contributed by atoms with van der Waals surface area (Å²) in [6, 6.07) is 7.45. The summed E-state index contributed by atoms with van der Waals surface area (Å²) in [6.45, 7) is 7.06. The van der Waals surface area contributed by atoms with Crippen molar-refractivity contribution in [1.82, 2.24) is 16.0 Å². The fourth-order valence-corrected chi connectivity index (χ4v) is 1.97. The zero-order valence-electron chi connectivity index (χ0n) is 15.8. The van der Waals surface area contributed by atoms with Crippen LogP contribution in [-0.4, -0.2) is 51.8 Å². The predicted molar refractivity (Wildman–Crippen MR) is 116 cm³/mol. The number of halogens is 1. The molecule has 0 atom stereocenters. The van der Waals surface area contributed by atoms with E-state index < -0.39 is 0 Å². The maximum absolute atomic E-state index is 11.6. The normalized spacial score (nSPS) is 10.5. The maximum atomic E-state index is 11.6. The average Bonchev–Trinajstić information content (AvgIpc) is 2.64. The summed E-state index contributed by atoms with van der Waals surface area (Å²) in [5.74, 6) is 2.31. The van der Waals surface area contributed by atoms with E-state index in [9.17, 15) is 4.79 Å². The molecule has 0 aliphatic rings. The molecular formula is C18H31IN4O3. The molecule has 8 heteroatoms. The summed E-state index contributed by atoms with van der Waals surface area (Å²) in [4.78, 5) is 15.9. The van der Waals surface area contributed by atoms with E-state index >= 15 is 0 Å². The Morgan fingerprint density at radius 2 is 1.73 bits per heavy atom. The van der Waals surface area contributed by atoms with Gasteiger partial charge in [-0.15, -0.1) is 24.0 Å². The van der Waals surface area contributed by atoms with Crippen molar-refractivity contribution in [1.29, 1.82) is 0 Å². The number of methoxy groups -OCH3 is 1. The number of aliphatic imine (C=N–C) groups is 1. The molecule has 0 bridgehead atoms. The maximum Gasteiger partial charge on any atom is 0.221 e. The number of guanidine groups is 1. The van der Waals surface area contributed by atoms with Crippen LogP contribution in [0.3, 0.4) is 0 Å². The number of hydrogen-bond donors (Lipinski definition) is 3. The third kappa shape index (κ3) is 11.0. The van der Waals surface area contributed by atoms with Gasteiger partial charge in [-0.2, -0.15) is 0 Å². The lowest BCUT2D eigenvalue weighted by Gasteiger charge is -2.12. The van der Waals surface area contributed by atoms with E-state index in [1.54, 1.807) is 7.11 Å². The smallest absolute Gasteiger partial charge is 0.221 e. The number of ether oxygens (including phenoxy) is 2. The number of nitrogens with zero attached hydrogens (tertiary/aromatic N) is 1. The molecule has 7 nitrogen and oxygen atoms in total. The highest BCUT2D eigenvalue weighted by Gasteiger charge is 2.01. The van der Waals surface area contributed by atoms with Crippen molar-refractivity contribution in [2.75, 3.05) is 39.9 Å². The molecule has 0 aliphatic carbocycles. The Kier molecular flexibility index (Phi) is 14.5. The Morgan fingerprint density at radius 1 is 1.04 bits per heavy atom. The molecule has 26 heavy (non-hydrogen) atoms. The van der Waals surface area contributed by atoms with Crippen LogP contribution in [0.5, 0.6) is 11.5 Å². The quantitative estimate of drug-likeness (QED) is 0.197. The molecule has 0 aromatic heterocycles. The molecule has 0 fully saturated rings. The van der Waals surface area contributed by atoms with Crippen LogP contribution in [0.1, 0.15) is 26.7 Å². The van der Waals surface area contributed by atoms with Crippen LogP contribution < -0.4 is 25.4 Å². The van der Waals surface area contributed by atoms with Crippen LogP contribution in [0.2, 0.25) is 0 Å². The van der Waals surface area contributed by atoms with E-state index in [0.29, 0.717) is 38.6 Å². The topological polar surface area (TPSA) is 84.0 Å². The van der Waals surface area contributed by atoms with Crippen LogP contribution in [0.25, 0.3) is 0 Å². The van der Waals surface area contributed by atoms with Gasteiger partial charge >= 0.3 is 0 Å². The van der Waals surface area contributed by atoms with Crippen LogP contribution in [0, 0.1) is 0 Å². The lowest BCUT2D eigenvalue weighted by molar-refractivity contribution is -0.120. The second-order valence-electron chi connectivity index (χ2n) is 5.31. The van der Waals surface area contributed by atoms with E-state index in [1.165, 1.54) is 0 Å². The van der Waals surface area contributed by atoms with Crippen molar-refractivity contribution in [2.24, 2.45) is 4.99 Å². The second-order valence-corrected chi connectivity index (χ2v) is 5.31. The van der Waals surface area contributed by atoms with Crippen molar-refractivity contribution in [3.8, 4) is 11.5 Å². The highest BCUT2D eigenvalue weighted by molar-refractivity contribution is 14.0. The van der Waals surface area contributed by atoms with E-state index in [4.69, 9.17) is 9.47 Å². The number of rotatable bonds is 11. The summed E-state index contributed by atoms with van der Waals surface area (Å²) in [5.41, 5.74) is 0. The van der Waals surface area contributed by atoms with Gasteiger partial charge in [-0.1, -0.05) is 6.92 Å². The first-order valence-corrected chi connectivity index (χ1v) is 8.75. The molecule has 0 unspecified atom stereocenters. The van der Waals surface area contributed by atoms with Crippen molar-refractivity contribution < 1.29 is 14.3 Å². The van der Waals surface area contributed by atoms with Crippen LogP contribution in [0.15, 0.2) is 29.3 Å². The molecule has 1 rings (SSSR count). The van der Waals surface area contributed by atoms with Gasteiger partial charge in [0.05, 0.1) is 20.2 Å². The van der Waals surface area contributed by atoms with Gasteiger partial charge < -0.3 is 25.4 Å². The van der Waals surface area contributed by atoms with Gasteiger partial charge in [0.15, 0.2) is 5.96 Å². The summed E-state index contributed by atoms with van der Waals surface area (Å²) < 4.78 is 10.8. The van der Waals surface area contributed by atoms with Gasteiger partial charge in [-0.05, 0) is 37.6 Å². The lowest BCUT2D eigenvalue weighted by atomic mass is 10.3. The summed E-state index contributed by atoms with van der Waals surface area (Å²) in [5, 5.41) is 9.17. The fraction of sp³-hybridized carbons (Fsp3) is 0.556. The Labute approximate surface area is 173 Å². The Hall–Kier alpha value is -1.71. The van der Waals surface area contributed by atoms with Crippen molar-refractivity contribution in [3.05, 3.63) is 24.3 Å². The molecule has 0 radical (unpaired) electrons. The molecule has 0 spiro atoms. The van der Waals surface area contributed by atoms with Gasteiger partial charge in [0.25, 0.3) is 0 Å². The molecule has 148 valence electrons. The Bertz CT molecular complexity index is 524. The van der Waals surface area contributed by atoms with E-state index in [0.717, 1.165) is 24.5 Å². The number of carbonyl (C=O) groups is 1.